The summed E-state index contributed by atoms with van der Waals surface area (Å²) >= 11 is 0. The molecule has 3 fully saturated rings. The number of hydrogen-bond donors (Lipinski definition) is 0. The van der Waals surface area contributed by atoms with Crippen molar-refractivity contribution in [1.29, 1.82) is 0 Å². The largest absolute Gasteiger partial charge is 0.491 e. The third-order valence-electron chi connectivity index (χ3n) is 8.79. The van der Waals surface area contributed by atoms with Crippen molar-refractivity contribution in [3.8, 4) is 5.75 Å². The van der Waals surface area contributed by atoms with Gasteiger partial charge in [0.2, 0.25) is 5.82 Å². The third-order valence-corrected chi connectivity index (χ3v) is 8.79. The van der Waals surface area contributed by atoms with Crippen LogP contribution in [-0.4, -0.2) is 18.7 Å². The zero-order valence-electron chi connectivity index (χ0n) is 20.3. The molecule has 1 aromatic carbocycles. The van der Waals surface area contributed by atoms with Crippen LogP contribution in [0.25, 0.3) is 0 Å². The average Bonchev–Trinajstić information content (AvgIpc) is 2.84. The van der Waals surface area contributed by atoms with Gasteiger partial charge in [0, 0.05) is 11.0 Å². The minimum absolute atomic E-state index is 0.0448. The first-order valence-corrected chi connectivity index (χ1v) is 13.3. The van der Waals surface area contributed by atoms with E-state index < -0.39 is 23.5 Å². The molecule has 5 heteroatoms. The lowest BCUT2D eigenvalue weighted by atomic mass is 9.60. The lowest BCUT2D eigenvalue weighted by molar-refractivity contribution is -0.169. The Bertz CT molecular complexity index is 810. The molecule has 3 nitrogen and oxygen atoms in total. The van der Waals surface area contributed by atoms with Gasteiger partial charge >= 0.3 is 5.97 Å². The Morgan fingerprint density at radius 1 is 0.939 bits per heavy atom. The minimum Gasteiger partial charge on any atom is -0.491 e. The van der Waals surface area contributed by atoms with E-state index in [1.807, 2.05) is 0 Å². The van der Waals surface area contributed by atoms with Crippen LogP contribution in [0.4, 0.5) is 8.78 Å². The highest BCUT2D eigenvalue weighted by Gasteiger charge is 2.47. The number of hydrogen-bond acceptors (Lipinski definition) is 3. The van der Waals surface area contributed by atoms with Crippen molar-refractivity contribution in [2.24, 2.45) is 17.3 Å². The second-order valence-electron chi connectivity index (χ2n) is 10.6. The molecular weight excluding hydrogens is 422 g/mol. The maximum Gasteiger partial charge on any atom is 0.313 e. The number of carbonyl (C=O) groups excluding carboxylic acids is 1. The quantitative estimate of drug-likeness (QED) is 0.389. The van der Waals surface area contributed by atoms with Crippen LogP contribution >= 0.6 is 0 Å². The highest BCUT2D eigenvalue weighted by molar-refractivity contribution is 5.79. The Balaban J connectivity index is 1.43. The van der Waals surface area contributed by atoms with Crippen molar-refractivity contribution >= 4 is 5.97 Å². The fourth-order valence-electron chi connectivity index (χ4n) is 7.04. The normalized spacial score (nSPS) is 31.3. The number of cyclic esters (lactones) is 1. The van der Waals surface area contributed by atoms with E-state index >= 15 is 0 Å². The molecule has 0 spiro atoms. The molecule has 184 valence electrons. The first-order chi connectivity index (χ1) is 16.0. The minimum atomic E-state index is -1.02. The SMILES string of the molecule is CCCC1([C@@H]2CC[C@@H](c3ccc(OCC)c(F)c3F)C(=O)O2)CCC(C2CCCCC2)CC1. The first kappa shape index (κ1) is 24.5. The van der Waals surface area contributed by atoms with E-state index in [-0.39, 0.29) is 29.4 Å². The molecular formula is C28H40F2O3. The van der Waals surface area contributed by atoms with Crippen molar-refractivity contribution in [2.75, 3.05) is 6.61 Å². The number of halogens is 2. The van der Waals surface area contributed by atoms with Crippen molar-refractivity contribution in [1.82, 2.24) is 0 Å². The summed E-state index contributed by atoms with van der Waals surface area (Å²) in [6, 6.07) is 2.90. The van der Waals surface area contributed by atoms with Crippen molar-refractivity contribution in [3.63, 3.8) is 0 Å². The molecule has 1 saturated heterocycles. The standard InChI is InChI=1S/C28H40F2O3/c1-3-16-28(17-14-20(15-18-28)19-8-6-5-7-9-19)24-13-11-22(27(31)33-24)21-10-12-23(32-4-2)26(30)25(21)29/h10,12,19-20,22,24H,3-9,11,13-18H2,1-2H3/t20?,22-,24-,28?/m0/s1. The van der Waals surface area contributed by atoms with Crippen LogP contribution in [-0.2, 0) is 9.53 Å². The van der Waals surface area contributed by atoms with Crippen LogP contribution in [0.1, 0.15) is 109 Å². The molecule has 2 aliphatic carbocycles. The van der Waals surface area contributed by atoms with E-state index in [2.05, 4.69) is 6.92 Å². The second-order valence-corrected chi connectivity index (χ2v) is 10.6. The number of benzene rings is 1. The molecule has 3 aliphatic rings. The maximum atomic E-state index is 14.7. The molecule has 0 radical (unpaired) electrons. The highest BCUT2D eigenvalue weighted by atomic mass is 19.2. The lowest BCUT2D eigenvalue weighted by Gasteiger charge is -2.48. The number of carbonyl (C=O) groups is 1. The van der Waals surface area contributed by atoms with Gasteiger partial charge in [-0.05, 0) is 69.8 Å². The van der Waals surface area contributed by atoms with Gasteiger partial charge in [-0.1, -0.05) is 51.5 Å². The van der Waals surface area contributed by atoms with Gasteiger partial charge in [-0.3, -0.25) is 4.79 Å². The third kappa shape index (κ3) is 5.07. The van der Waals surface area contributed by atoms with Gasteiger partial charge in [0.05, 0.1) is 12.5 Å². The van der Waals surface area contributed by atoms with Crippen LogP contribution in [0, 0.1) is 28.9 Å². The zero-order chi connectivity index (χ0) is 23.4. The molecule has 1 aliphatic heterocycles. The van der Waals surface area contributed by atoms with Gasteiger partial charge in [-0.2, -0.15) is 4.39 Å². The molecule has 0 amide bonds. The van der Waals surface area contributed by atoms with E-state index in [9.17, 15) is 13.6 Å². The summed E-state index contributed by atoms with van der Waals surface area (Å²) in [5.74, 6) is -1.57. The van der Waals surface area contributed by atoms with Gasteiger partial charge < -0.3 is 9.47 Å². The summed E-state index contributed by atoms with van der Waals surface area (Å²) in [5, 5.41) is 0. The number of esters is 1. The van der Waals surface area contributed by atoms with E-state index in [0.717, 1.165) is 43.9 Å². The van der Waals surface area contributed by atoms with Crippen LogP contribution in [0.2, 0.25) is 0 Å². The number of rotatable bonds is 7. The fraction of sp³-hybridized carbons (Fsp3) is 0.750. The molecule has 33 heavy (non-hydrogen) atoms. The second kappa shape index (κ2) is 10.7. The number of ether oxygens (including phenoxy) is 2. The van der Waals surface area contributed by atoms with Gasteiger partial charge in [-0.15, -0.1) is 0 Å². The summed E-state index contributed by atoms with van der Waals surface area (Å²) in [4.78, 5) is 13.0. The smallest absolute Gasteiger partial charge is 0.313 e. The monoisotopic (exact) mass is 462 g/mol. The van der Waals surface area contributed by atoms with E-state index in [1.165, 1.54) is 57.1 Å². The van der Waals surface area contributed by atoms with Crippen LogP contribution < -0.4 is 4.74 Å². The molecule has 0 aromatic heterocycles. The Kier molecular flexibility index (Phi) is 7.96. The van der Waals surface area contributed by atoms with Gasteiger partial charge in [0.25, 0.3) is 0 Å². The Labute approximate surface area is 197 Å². The molecule has 0 unspecified atom stereocenters. The van der Waals surface area contributed by atoms with Crippen LogP contribution in [0.5, 0.6) is 5.75 Å². The molecule has 2 saturated carbocycles. The van der Waals surface area contributed by atoms with Gasteiger partial charge in [-0.25, -0.2) is 4.39 Å². The van der Waals surface area contributed by atoms with Gasteiger partial charge in [0.1, 0.15) is 6.10 Å². The van der Waals surface area contributed by atoms with Crippen molar-refractivity contribution in [3.05, 3.63) is 29.3 Å². The molecule has 0 bridgehead atoms. The molecule has 0 N–H and O–H groups in total. The molecule has 4 rings (SSSR count). The average molecular weight is 463 g/mol. The summed E-state index contributed by atoms with van der Waals surface area (Å²) in [5.41, 5.74) is 0.133. The summed E-state index contributed by atoms with van der Waals surface area (Å²) in [6.07, 6.45) is 14.9. The van der Waals surface area contributed by atoms with Crippen molar-refractivity contribution < 1.29 is 23.0 Å². The summed E-state index contributed by atoms with van der Waals surface area (Å²) in [6.45, 7) is 4.18. The van der Waals surface area contributed by atoms with E-state index in [1.54, 1.807) is 6.92 Å². The zero-order valence-corrected chi connectivity index (χ0v) is 20.3. The maximum absolute atomic E-state index is 14.7. The van der Waals surface area contributed by atoms with Gasteiger partial charge in [0.15, 0.2) is 11.6 Å². The molecule has 1 aromatic rings. The summed E-state index contributed by atoms with van der Waals surface area (Å²) in [7, 11) is 0. The predicted molar refractivity (Wildman–Crippen MR) is 125 cm³/mol. The Morgan fingerprint density at radius 3 is 2.27 bits per heavy atom. The van der Waals surface area contributed by atoms with Crippen molar-refractivity contribution in [2.45, 2.75) is 109 Å². The topological polar surface area (TPSA) is 35.5 Å². The van der Waals surface area contributed by atoms with E-state index in [0.29, 0.717) is 6.42 Å². The summed E-state index contributed by atoms with van der Waals surface area (Å²) < 4.78 is 40.3. The highest BCUT2D eigenvalue weighted by Crippen LogP contribution is 2.52. The Hall–Kier alpha value is -1.65. The fourth-order valence-corrected chi connectivity index (χ4v) is 7.04. The van der Waals surface area contributed by atoms with Crippen LogP contribution in [0.15, 0.2) is 12.1 Å². The lowest BCUT2D eigenvalue weighted by Crippen LogP contribution is -2.45. The first-order valence-electron chi connectivity index (χ1n) is 13.3. The predicted octanol–water partition coefficient (Wildman–Crippen LogP) is 7.71. The molecule has 1 heterocycles. The van der Waals surface area contributed by atoms with Crippen LogP contribution in [0.3, 0.4) is 0 Å². The molecule has 2 atom stereocenters. The van der Waals surface area contributed by atoms with E-state index in [4.69, 9.17) is 9.47 Å². The Morgan fingerprint density at radius 2 is 1.64 bits per heavy atom.